The molecular weight excluding hydrogens is 258 g/mol. The Morgan fingerprint density at radius 1 is 1.16 bits per heavy atom. The predicted octanol–water partition coefficient (Wildman–Crippen LogP) is 3.38. The fraction of sp³-hybridized carbons (Fsp3) is 0.625. The predicted molar refractivity (Wildman–Crippen MR) is 79.0 cm³/mol. The molecule has 3 atom stereocenters. The number of alkyl halides is 1. The van der Waals surface area contributed by atoms with Gasteiger partial charge in [-0.2, -0.15) is 0 Å². The SMILES string of the molecule is ClC1CCCCC1CNCC1Cc2ccccc2O1. The summed E-state index contributed by atoms with van der Waals surface area (Å²) in [7, 11) is 0. The van der Waals surface area contributed by atoms with Crippen LogP contribution in [0.3, 0.4) is 0 Å². The molecule has 3 unspecified atom stereocenters. The van der Waals surface area contributed by atoms with Gasteiger partial charge in [-0.25, -0.2) is 0 Å². The van der Waals surface area contributed by atoms with Gasteiger partial charge in [-0.3, -0.25) is 0 Å². The fourth-order valence-corrected chi connectivity index (χ4v) is 3.56. The van der Waals surface area contributed by atoms with Gasteiger partial charge in [0.05, 0.1) is 0 Å². The number of nitrogens with one attached hydrogen (secondary N) is 1. The Bertz CT molecular complexity index is 398. The minimum Gasteiger partial charge on any atom is -0.488 e. The van der Waals surface area contributed by atoms with Gasteiger partial charge < -0.3 is 10.1 Å². The molecule has 1 heterocycles. The Hall–Kier alpha value is -0.730. The molecule has 1 aromatic carbocycles. The van der Waals surface area contributed by atoms with Crippen LogP contribution in [0.2, 0.25) is 0 Å². The van der Waals surface area contributed by atoms with E-state index < -0.39 is 0 Å². The van der Waals surface area contributed by atoms with Crippen LogP contribution in [0, 0.1) is 5.92 Å². The molecule has 0 spiro atoms. The second-order valence-corrected chi connectivity index (χ2v) is 6.33. The minimum atomic E-state index is 0.287. The van der Waals surface area contributed by atoms with Gasteiger partial charge in [0.1, 0.15) is 11.9 Å². The first-order valence-electron chi connectivity index (χ1n) is 7.42. The maximum atomic E-state index is 6.38. The molecule has 1 aliphatic heterocycles. The summed E-state index contributed by atoms with van der Waals surface area (Å²) in [5, 5.41) is 3.92. The average Bonchev–Trinajstić information content (AvgIpc) is 2.83. The van der Waals surface area contributed by atoms with E-state index >= 15 is 0 Å². The van der Waals surface area contributed by atoms with Gasteiger partial charge >= 0.3 is 0 Å². The lowest BCUT2D eigenvalue weighted by atomic mass is 9.89. The van der Waals surface area contributed by atoms with Gasteiger partial charge in [0.25, 0.3) is 0 Å². The topological polar surface area (TPSA) is 21.3 Å². The third-order valence-corrected chi connectivity index (χ3v) is 4.88. The molecule has 1 aliphatic carbocycles. The number of benzene rings is 1. The second-order valence-electron chi connectivity index (χ2n) is 5.77. The summed E-state index contributed by atoms with van der Waals surface area (Å²) in [6.45, 7) is 1.96. The van der Waals surface area contributed by atoms with Crippen LogP contribution in [-0.4, -0.2) is 24.6 Å². The van der Waals surface area contributed by atoms with Gasteiger partial charge in [0.2, 0.25) is 0 Å². The molecule has 1 N–H and O–H groups in total. The summed E-state index contributed by atoms with van der Waals surface area (Å²) in [6, 6.07) is 8.34. The fourth-order valence-electron chi connectivity index (χ4n) is 3.19. The lowest BCUT2D eigenvalue weighted by Crippen LogP contribution is -2.36. The smallest absolute Gasteiger partial charge is 0.123 e. The third kappa shape index (κ3) is 3.24. The van der Waals surface area contributed by atoms with E-state index in [4.69, 9.17) is 16.3 Å². The van der Waals surface area contributed by atoms with E-state index in [0.29, 0.717) is 11.3 Å². The first-order chi connectivity index (χ1) is 9.33. The van der Waals surface area contributed by atoms with E-state index in [0.717, 1.165) is 25.3 Å². The first-order valence-corrected chi connectivity index (χ1v) is 7.86. The molecule has 19 heavy (non-hydrogen) atoms. The van der Waals surface area contributed by atoms with Gasteiger partial charge in [-0.05, 0) is 36.9 Å². The number of hydrogen-bond donors (Lipinski definition) is 1. The van der Waals surface area contributed by atoms with Crippen LogP contribution in [0.15, 0.2) is 24.3 Å². The summed E-state index contributed by atoms with van der Waals surface area (Å²) in [5.41, 5.74) is 1.34. The number of para-hydroxylation sites is 1. The van der Waals surface area contributed by atoms with Crippen molar-refractivity contribution in [1.29, 1.82) is 0 Å². The average molecular weight is 280 g/mol. The standard InChI is InChI=1S/C16H22ClNO/c17-15-7-3-1-6-13(15)10-18-11-14-9-12-5-2-4-8-16(12)19-14/h2,4-5,8,13-15,18H,1,3,6-7,9-11H2. The van der Waals surface area contributed by atoms with Crippen LogP contribution >= 0.6 is 11.6 Å². The largest absolute Gasteiger partial charge is 0.488 e. The molecule has 0 aromatic heterocycles. The van der Waals surface area contributed by atoms with Crippen molar-refractivity contribution in [3.63, 3.8) is 0 Å². The van der Waals surface area contributed by atoms with Crippen LogP contribution in [0.1, 0.15) is 31.2 Å². The lowest BCUT2D eigenvalue weighted by molar-refractivity contribution is 0.221. The van der Waals surface area contributed by atoms with Crippen LogP contribution < -0.4 is 10.1 Å². The van der Waals surface area contributed by atoms with Crippen molar-refractivity contribution >= 4 is 11.6 Å². The molecule has 0 amide bonds. The van der Waals surface area contributed by atoms with Gasteiger partial charge in [0.15, 0.2) is 0 Å². The number of rotatable bonds is 4. The summed E-state index contributed by atoms with van der Waals surface area (Å²) in [4.78, 5) is 0. The normalized spacial score (nSPS) is 29.8. The van der Waals surface area contributed by atoms with E-state index in [1.807, 2.05) is 6.07 Å². The van der Waals surface area contributed by atoms with Crippen molar-refractivity contribution in [3.05, 3.63) is 29.8 Å². The zero-order valence-electron chi connectivity index (χ0n) is 11.3. The van der Waals surface area contributed by atoms with Gasteiger partial charge in [0, 0.05) is 18.3 Å². The van der Waals surface area contributed by atoms with E-state index in [-0.39, 0.29) is 6.10 Å². The Kier molecular flexibility index (Phi) is 4.29. The van der Waals surface area contributed by atoms with Crippen LogP contribution in [0.5, 0.6) is 5.75 Å². The van der Waals surface area contributed by atoms with E-state index in [2.05, 4.69) is 23.5 Å². The summed E-state index contributed by atoms with van der Waals surface area (Å²) >= 11 is 6.38. The second kappa shape index (κ2) is 6.15. The molecule has 0 saturated heterocycles. The molecule has 0 bridgehead atoms. The Labute approximate surface area is 120 Å². The van der Waals surface area contributed by atoms with Gasteiger partial charge in [-0.1, -0.05) is 31.0 Å². The van der Waals surface area contributed by atoms with Gasteiger partial charge in [-0.15, -0.1) is 11.6 Å². The van der Waals surface area contributed by atoms with Crippen LogP contribution in [0.25, 0.3) is 0 Å². The first kappa shape index (κ1) is 13.3. The Morgan fingerprint density at radius 2 is 2.00 bits per heavy atom. The van der Waals surface area contributed by atoms with Crippen LogP contribution in [-0.2, 0) is 6.42 Å². The maximum Gasteiger partial charge on any atom is 0.123 e. The zero-order valence-corrected chi connectivity index (χ0v) is 12.0. The maximum absolute atomic E-state index is 6.38. The summed E-state index contributed by atoms with van der Waals surface area (Å²) in [6.07, 6.45) is 6.39. The number of hydrogen-bond acceptors (Lipinski definition) is 2. The molecule has 3 heteroatoms. The lowest BCUT2D eigenvalue weighted by Gasteiger charge is -2.27. The minimum absolute atomic E-state index is 0.287. The highest BCUT2D eigenvalue weighted by Gasteiger charge is 2.25. The Balaban J connectivity index is 1.42. The number of ether oxygens (including phenoxy) is 1. The third-order valence-electron chi connectivity index (χ3n) is 4.31. The molecule has 104 valence electrons. The van der Waals surface area contributed by atoms with E-state index in [9.17, 15) is 0 Å². The van der Waals surface area contributed by atoms with Crippen molar-refractivity contribution in [3.8, 4) is 5.75 Å². The number of halogens is 1. The van der Waals surface area contributed by atoms with Crippen molar-refractivity contribution in [1.82, 2.24) is 5.32 Å². The van der Waals surface area contributed by atoms with Crippen molar-refractivity contribution in [2.75, 3.05) is 13.1 Å². The highest BCUT2D eigenvalue weighted by molar-refractivity contribution is 6.20. The monoisotopic (exact) mass is 279 g/mol. The quantitative estimate of drug-likeness (QED) is 0.853. The van der Waals surface area contributed by atoms with E-state index in [1.54, 1.807) is 0 Å². The molecule has 3 rings (SSSR count). The summed E-state index contributed by atoms with van der Waals surface area (Å²) in [5.74, 6) is 1.70. The highest BCUT2D eigenvalue weighted by atomic mass is 35.5. The Morgan fingerprint density at radius 3 is 2.84 bits per heavy atom. The molecular formula is C16H22ClNO. The van der Waals surface area contributed by atoms with Crippen molar-refractivity contribution in [2.24, 2.45) is 5.92 Å². The van der Waals surface area contributed by atoms with Crippen LogP contribution in [0.4, 0.5) is 0 Å². The van der Waals surface area contributed by atoms with Crippen molar-refractivity contribution in [2.45, 2.75) is 43.6 Å². The van der Waals surface area contributed by atoms with Crippen molar-refractivity contribution < 1.29 is 4.74 Å². The number of fused-ring (bicyclic) bond motifs is 1. The molecule has 1 saturated carbocycles. The molecule has 2 nitrogen and oxygen atoms in total. The molecule has 1 aromatic rings. The molecule has 1 fully saturated rings. The molecule has 0 radical (unpaired) electrons. The van der Waals surface area contributed by atoms with E-state index in [1.165, 1.54) is 31.2 Å². The zero-order chi connectivity index (χ0) is 13.1. The highest BCUT2D eigenvalue weighted by Crippen LogP contribution is 2.29. The summed E-state index contributed by atoms with van der Waals surface area (Å²) < 4.78 is 5.93. The molecule has 2 aliphatic rings.